The summed E-state index contributed by atoms with van der Waals surface area (Å²) in [6.45, 7) is 9.60. The number of hydrogen-bond donors (Lipinski definition) is 1. The molecule has 1 aliphatic rings. The Balaban J connectivity index is 2.47. The fraction of sp³-hybridized carbons (Fsp3) is 0.533. The molecule has 1 aromatic carbocycles. The van der Waals surface area contributed by atoms with Crippen LogP contribution >= 0.6 is 0 Å². The average molecular weight is 292 g/mol. The van der Waals surface area contributed by atoms with E-state index in [-0.39, 0.29) is 5.56 Å². The molecule has 2 rings (SSSR count). The molecule has 0 amide bonds. The summed E-state index contributed by atoms with van der Waals surface area (Å²) >= 11 is 0. The lowest BCUT2D eigenvalue weighted by atomic mass is 9.76. The van der Waals surface area contributed by atoms with E-state index in [0.717, 1.165) is 0 Å². The minimum Gasteiger partial charge on any atom is -0.497 e. The number of carbonyl (C=O) groups is 1. The molecule has 0 aromatic heterocycles. The highest BCUT2D eigenvalue weighted by atomic mass is 16.7. The van der Waals surface area contributed by atoms with Crippen LogP contribution in [-0.4, -0.2) is 36.5 Å². The number of carboxylic acid groups (broad SMARTS) is 1. The Bertz CT molecular complexity index is 564. The normalized spacial score (nSPS) is 19.6. The predicted octanol–water partition coefficient (Wildman–Crippen LogP) is 2.00. The van der Waals surface area contributed by atoms with Crippen molar-refractivity contribution in [2.45, 2.75) is 45.8 Å². The van der Waals surface area contributed by atoms with Gasteiger partial charge in [-0.3, -0.25) is 0 Å². The number of hydrogen-bond acceptors (Lipinski definition) is 4. The largest absolute Gasteiger partial charge is 0.498 e. The van der Waals surface area contributed by atoms with Gasteiger partial charge in [0.2, 0.25) is 0 Å². The van der Waals surface area contributed by atoms with Crippen molar-refractivity contribution < 1.29 is 23.9 Å². The number of methoxy groups -OCH3 is 1. The van der Waals surface area contributed by atoms with Crippen LogP contribution in [0.4, 0.5) is 0 Å². The quantitative estimate of drug-likeness (QED) is 0.863. The van der Waals surface area contributed by atoms with E-state index in [1.807, 2.05) is 27.7 Å². The Labute approximate surface area is 125 Å². The highest BCUT2D eigenvalue weighted by molar-refractivity contribution is 6.63. The summed E-state index contributed by atoms with van der Waals surface area (Å²) in [6.07, 6.45) is 0. The second kappa shape index (κ2) is 5.03. The van der Waals surface area contributed by atoms with Gasteiger partial charge in [-0.25, -0.2) is 4.79 Å². The van der Waals surface area contributed by atoms with Crippen molar-refractivity contribution in [2.75, 3.05) is 7.11 Å². The summed E-state index contributed by atoms with van der Waals surface area (Å²) in [5, 5.41) is 9.19. The second-order valence-corrected chi connectivity index (χ2v) is 6.25. The van der Waals surface area contributed by atoms with Crippen LogP contribution in [0.15, 0.2) is 12.1 Å². The number of ether oxygens (including phenoxy) is 1. The molecule has 1 heterocycles. The molecule has 1 saturated heterocycles. The van der Waals surface area contributed by atoms with Crippen LogP contribution in [0, 0.1) is 6.92 Å². The van der Waals surface area contributed by atoms with Crippen LogP contribution in [-0.2, 0) is 9.31 Å². The molecular formula is C15H21BO5. The highest BCUT2D eigenvalue weighted by Crippen LogP contribution is 2.37. The van der Waals surface area contributed by atoms with Gasteiger partial charge in [0.05, 0.1) is 23.9 Å². The highest BCUT2D eigenvalue weighted by Gasteiger charge is 2.52. The van der Waals surface area contributed by atoms with Gasteiger partial charge in [-0.2, -0.15) is 0 Å². The van der Waals surface area contributed by atoms with E-state index in [1.165, 1.54) is 7.11 Å². The standard InChI is InChI=1S/C15H21BO5/c1-9-10(13(17)18)7-8-11(12(9)19-6)16-20-14(2,3)15(4,5)21-16/h7-8H,1-6H3,(H,17,18). The van der Waals surface area contributed by atoms with E-state index in [4.69, 9.17) is 14.0 Å². The molecule has 1 N–H and O–H groups in total. The molecule has 0 spiro atoms. The molecule has 0 radical (unpaired) electrons. The van der Waals surface area contributed by atoms with Crippen LogP contribution < -0.4 is 10.2 Å². The molecule has 0 unspecified atom stereocenters. The summed E-state index contributed by atoms with van der Waals surface area (Å²) in [5.41, 5.74) is 0.576. The lowest BCUT2D eigenvalue weighted by molar-refractivity contribution is 0.00578. The minimum atomic E-state index is -0.980. The van der Waals surface area contributed by atoms with Crippen LogP contribution in [0.5, 0.6) is 5.75 Å². The topological polar surface area (TPSA) is 65.0 Å². The molecule has 0 bridgehead atoms. The van der Waals surface area contributed by atoms with Crippen molar-refractivity contribution in [1.29, 1.82) is 0 Å². The first-order valence-corrected chi connectivity index (χ1v) is 6.87. The molecule has 21 heavy (non-hydrogen) atoms. The van der Waals surface area contributed by atoms with Gasteiger partial charge in [0.15, 0.2) is 0 Å². The van der Waals surface area contributed by atoms with Crippen molar-refractivity contribution in [1.82, 2.24) is 0 Å². The first-order valence-electron chi connectivity index (χ1n) is 6.87. The van der Waals surface area contributed by atoms with E-state index >= 15 is 0 Å². The Kier molecular flexibility index (Phi) is 3.80. The zero-order chi connectivity index (χ0) is 16.0. The maximum Gasteiger partial charge on any atom is 0.498 e. The van der Waals surface area contributed by atoms with Crippen molar-refractivity contribution in [3.63, 3.8) is 0 Å². The first-order chi connectivity index (χ1) is 9.60. The van der Waals surface area contributed by atoms with Gasteiger partial charge in [0.1, 0.15) is 5.75 Å². The van der Waals surface area contributed by atoms with Gasteiger partial charge in [0.25, 0.3) is 0 Å². The van der Waals surface area contributed by atoms with Gasteiger partial charge >= 0.3 is 13.1 Å². The maximum atomic E-state index is 11.2. The van der Waals surface area contributed by atoms with Gasteiger partial charge < -0.3 is 19.2 Å². The smallest absolute Gasteiger partial charge is 0.497 e. The summed E-state index contributed by atoms with van der Waals surface area (Å²) in [6, 6.07) is 3.25. The van der Waals surface area contributed by atoms with Gasteiger partial charge in [-0.15, -0.1) is 0 Å². The fourth-order valence-corrected chi connectivity index (χ4v) is 2.37. The van der Waals surface area contributed by atoms with Gasteiger partial charge in [-0.1, -0.05) is 6.07 Å². The summed E-state index contributed by atoms with van der Waals surface area (Å²) < 4.78 is 17.4. The van der Waals surface area contributed by atoms with E-state index in [9.17, 15) is 9.90 Å². The molecule has 1 fully saturated rings. The van der Waals surface area contributed by atoms with Crippen LogP contribution in [0.3, 0.4) is 0 Å². The lowest BCUT2D eigenvalue weighted by Crippen LogP contribution is -2.41. The fourth-order valence-electron chi connectivity index (χ4n) is 2.37. The molecule has 114 valence electrons. The number of aromatic carboxylic acids is 1. The number of carboxylic acids is 1. The van der Waals surface area contributed by atoms with Crippen molar-refractivity contribution >= 4 is 18.6 Å². The molecule has 0 atom stereocenters. The van der Waals surface area contributed by atoms with E-state index < -0.39 is 24.3 Å². The summed E-state index contributed by atoms with van der Waals surface area (Å²) in [7, 11) is 0.939. The van der Waals surface area contributed by atoms with Crippen molar-refractivity contribution in [3.05, 3.63) is 23.3 Å². The predicted molar refractivity (Wildman–Crippen MR) is 80.4 cm³/mol. The number of benzene rings is 1. The third kappa shape index (κ3) is 2.54. The maximum absolute atomic E-state index is 11.2. The summed E-state index contributed by atoms with van der Waals surface area (Å²) in [5.74, 6) is -0.486. The zero-order valence-corrected chi connectivity index (χ0v) is 13.3. The Morgan fingerprint density at radius 3 is 2.14 bits per heavy atom. The molecule has 1 aromatic rings. The average Bonchev–Trinajstić information content (AvgIpc) is 2.57. The van der Waals surface area contributed by atoms with Crippen LogP contribution in [0.2, 0.25) is 0 Å². The monoisotopic (exact) mass is 292 g/mol. The van der Waals surface area contributed by atoms with E-state index in [2.05, 4.69) is 0 Å². The minimum absolute atomic E-state index is 0.215. The summed E-state index contributed by atoms with van der Waals surface area (Å²) in [4.78, 5) is 11.2. The molecule has 0 saturated carbocycles. The molecule has 1 aliphatic heterocycles. The van der Waals surface area contributed by atoms with Gasteiger partial charge in [-0.05, 0) is 40.7 Å². The van der Waals surface area contributed by atoms with Crippen molar-refractivity contribution in [2.24, 2.45) is 0 Å². The third-order valence-corrected chi connectivity index (χ3v) is 4.38. The Hall–Kier alpha value is -1.53. The molecular weight excluding hydrogens is 271 g/mol. The van der Waals surface area contributed by atoms with Crippen LogP contribution in [0.1, 0.15) is 43.6 Å². The molecule has 0 aliphatic carbocycles. The van der Waals surface area contributed by atoms with E-state index in [1.54, 1.807) is 19.1 Å². The first kappa shape index (κ1) is 15.9. The van der Waals surface area contributed by atoms with E-state index in [0.29, 0.717) is 16.8 Å². The lowest BCUT2D eigenvalue weighted by Gasteiger charge is -2.32. The third-order valence-electron chi connectivity index (χ3n) is 4.38. The SMILES string of the molecule is COc1c(B2OC(C)(C)C(C)(C)O2)ccc(C(=O)O)c1C. The molecule has 6 heteroatoms. The number of rotatable bonds is 3. The Morgan fingerprint density at radius 2 is 1.71 bits per heavy atom. The second-order valence-electron chi connectivity index (χ2n) is 6.25. The zero-order valence-electron chi connectivity index (χ0n) is 13.3. The van der Waals surface area contributed by atoms with Crippen LogP contribution in [0.25, 0.3) is 0 Å². The molecule has 5 nitrogen and oxygen atoms in total. The van der Waals surface area contributed by atoms with Gasteiger partial charge in [0, 0.05) is 11.0 Å². The Morgan fingerprint density at radius 1 is 1.19 bits per heavy atom. The van der Waals surface area contributed by atoms with Crippen molar-refractivity contribution in [3.8, 4) is 5.75 Å².